The van der Waals surface area contributed by atoms with Crippen LogP contribution in [0.25, 0.3) is 0 Å². The highest BCUT2D eigenvalue weighted by atomic mass is 35.5. The van der Waals surface area contributed by atoms with Crippen molar-refractivity contribution in [2.75, 3.05) is 6.54 Å². The van der Waals surface area contributed by atoms with E-state index in [9.17, 15) is 9.18 Å². The first kappa shape index (κ1) is 17.3. The summed E-state index contributed by atoms with van der Waals surface area (Å²) in [6.07, 6.45) is 8.82. The molecule has 2 bridgehead atoms. The second-order valence-electron chi connectivity index (χ2n) is 6.66. The van der Waals surface area contributed by atoms with Gasteiger partial charge in [-0.1, -0.05) is 44.7 Å². The van der Waals surface area contributed by atoms with Gasteiger partial charge in [0.1, 0.15) is 5.82 Å². The number of rotatable bonds is 3. The molecule has 0 spiro atoms. The first-order valence-corrected chi connectivity index (χ1v) is 8.19. The fraction of sp³-hybridized carbons (Fsp3) is 0.611. The number of fused-ring (bicyclic) bond motifs is 2. The molecule has 0 radical (unpaired) electrons. The van der Waals surface area contributed by atoms with Gasteiger partial charge >= 0.3 is 0 Å². The molecule has 0 heterocycles. The van der Waals surface area contributed by atoms with Crippen LogP contribution in [0.2, 0.25) is 5.02 Å². The van der Waals surface area contributed by atoms with Gasteiger partial charge in [0.15, 0.2) is 0 Å². The molecule has 0 atom stereocenters. The standard InChI is InChI=1S/C17H21ClFNO.CH4/c18-15-6-5-13(19)9-14(15)16(21)20-11-17-7-1-3-12(10-17)4-2-8-17;/h5-6,9,12H,1-4,7-8,10-11H2,(H,20,21);1H4. The molecule has 1 aromatic rings. The van der Waals surface area contributed by atoms with Gasteiger partial charge in [-0.15, -0.1) is 0 Å². The first-order valence-electron chi connectivity index (χ1n) is 7.81. The van der Waals surface area contributed by atoms with Crippen molar-refractivity contribution in [3.8, 4) is 0 Å². The van der Waals surface area contributed by atoms with Gasteiger partial charge in [0.25, 0.3) is 5.91 Å². The number of carbonyl (C=O) groups is 1. The van der Waals surface area contributed by atoms with Crippen molar-refractivity contribution in [1.29, 1.82) is 0 Å². The molecule has 3 rings (SSSR count). The minimum Gasteiger partial charge on any atom is -0.351 e. The van der Waals surface area contributed by atoms with Crippen LogP contribution in [0.3, 0.4) is 0 Å². The molecule has 2 aliphatic rings. The second kappa shape index (κ2) is 6.99. The quantitative estimate of drug-likeness (QED) is 0.812. The van der Waals surface area contributed by atoms with E-state index in [1.807, 2.05) is 0 Å². The number of benzene rings is 1. The summed E-state index contributed by atoms with van der Waals surface area (Å²) in [6.45, 7) is 0.690. The van der Waals surface area contributed by atoms with Crippen molar-refractivity contribution in [2.24, 2.45) is 11.3 Å². The predicted octanol–water partition coefficient (Wildman–Crippen LogP) is 5.21. The third kappa shape index (κ3) is 3.62. The normalized spacial score (nSPS) is 26.9. The molecule has 2 nitrogen and oxygen atoms in total. The largest absolute Gasteiger partial charge is 0.351 e. The van der Waals surface area contributed by atoms with Gasteiger partial charge in [0.05, 0.1) is 10.6 Å². The van der Waals surface area contributed by atoms with Crippen molar-refractivity contribution in [1.82, 2.24) is 5.32 Å². The molecule has 122 valence electrons. The number of nitrogens with one attached hydrogen (secondary N) is 1. The Kier molecular flexibility index (Phi) is 5.49. The molecule has 2 saturated carbocycles. The molecule has 0 aliphatic heterocycles. The minimum atomic E-state index is -0.432. The summed E-state index contributed by atoms with van der Waals surface area (Å²) < 4.78 is 13.3. The molecule has 2 fully saturated rings. The van der Waals surface area contributed by atoms with Crippen LogP contribution in [0.4, 0.5) is 4.39 Å². The van der Waals surface area contributed by atoms with Gasteiger partial charge in [-0.2, -0.15) is 0 Å². The van der Waals surface area contributed by atoms with Crippen molar-refractivity contribution in [2.45, 2.75) is 52.4 Å². The topological polar surface area (TPSA) is 29.1 Å². The second-order valence-corrected chi connectivity index (χ2v) is 7.07. The lowest BCUT2D eigenvalue weighted by Gasteiger charge is -2.45. The maximum atomic E-state index is 13.3. The van der Waals surface area contributed by atoms with E-state index in [0.717, 1.165) is 5.92 Å². The fourth-order valence-electron chi connectivity index (χ4n) is 4.10. The lowest BCUT2D eigenvalue weighted by Crippen LogP contribution is -2.43. The Morgan fingerprint density at radius 3 is 2.68 bits per heavy atom. The van der Waals surface area contributed by atoms with Gasteiger partial charge < -0.3 is 5.32 Å². The maximum absolute atomic E-state index is 13.3. The van der Waals surface area contributed by atoms with E-state index in [2.05, 4.69) is 5.32 Å². The number of amides is 1. The minimum absolute atomic E-state index is 0. The zero-order chi connectivity index (χ0) is 14.9. The Morgan fingerprint density at radius 1 is 1.32 bits per heavy atom. The van der Waals surface area contributed by atoms with Crippen LogP contribution < -0.4 is 5.32 Å². The predicted molar refractivity (Wildman–Crippen MR) is 88.7 cm³/mol. The third-order valence-electron chi connectivity index (χ3n) is 5.16. The zero-order valence-electron chi connectivity index (χ0n) is 12.1. The van der Waals surface area contributed by atoms with E-state index in [0.29, 0.717) is 11.6 Å². The molecule has 1 aromatic carbocycles. The number of halogens is 2. The van der Waals surface area contributed by atoms with Gasteiger partial charge in [-0.05, 0) is 48.8 Å². The Morgan fingerprint density at radius 2 is 2.00 bits per heavy atom. The summed E-state index contributed by atoms with van der Waals surface area (Å²) >= 11 is 5.99. The maximum Gasteiger partial charge on any atom is 0.252 e. The first-order chi connectivity index (χ1) is 10.1. The van der Waals surface area contributed by atoms with E-state index in [-0.39, 0.29) is 24.3 Å². The van der Waals surface area contributed by atoms with Crippen molar-refractivity contribution in [3.05, 3.63) is 34.6 Å². The van der Waals surface area contributed by atoms with Gasteiger partial charge in [-0.3, -0.25) is 4.79 Å². The molecule has 22 heavy (non-hydrogen) atoms. The highest BCUT2D eigenvalue weighted by molar-refractivity contribution is 6.33. The number of hydrogen-bond donors (Lipinski definition) is 1. The molecule has 4 heteroatoms. The Balaban J connectivity index is 0.00000176. The molecule has 1 amide bonds. The average molecular weight is 326 g/mol. The molecule has 1 N–H and O–H groups in total. The molecule has 0 saturated heterocycles. The summed E-state index contributed by atoms with van der Waals surface area (Å²) in [5.74, 6) is 0.141. The summed E-state index contributed by atoms with van der Waals surface area (Å²) in [5.41, 5.74) is 0.493. The van der Waals surface area contributed by atoms with Crippen LogP contribution in [0, 0.1) is 17.2 Å². The van der Waals surface area contributed by atoms with Crippen molar-refractivity contribution in [3.63, 3.8) is 0 Å². The Labute approximate surface area is 137 Å². The monoisotopic (exact) mass is 325 g/mol. The van der Waals surface area contributed by atoms with E-state index in [4.69, 9.17) is 11.6 Å². The van der Waals surface area contributed by atoms with Crippen LogP contribution >= 0.6 is 11.6 Å². The molecule has 0 unspecified atom stereocenters. The highest BCUT2D eigenvalue weighted by Gasteiger charge is 2.39. The molecule has 2 aliphatic carbocycles. The van der Waals surface area contributed by atoms with Gasteiger partial charge in [0, 0.05) is 6.54 Å². The van der Waals surface area contributed by atoms with Crippen LogP contribution in [-0.4, -0.2) is 12.5 Å². The summed E-state index contributed by atoms with van der Waals surface area (Å²) in [5, 5.41) is 3.30. The van der Waals surface area contributed by atoms with Crippen LogP contribution in [0.5, 0.6) is 0 Å². The molecule has 0 aromatic heterocycles. The lowest BCUT2D eigenvalue weighted by molar-refractivity contribution is 0.0681. The van der Waals surface area contributed by atoms with Crippen molar-refractivity contribution < 1.29 is 9.18 Å². The fourth-order valence-corrected chi connectivity index (χ4v) is 4.31. The number of carbonyl (C=O) groups excluding carboxylic acids is 1. The average Bonchev–Trinajstić information content (AvgIpc) is 2.47. The SMILES string of the molecule is C.O=C(NCC12CCCC(CCC1)C2)c1cc(F)ccc1Cl. The van der Waals surface area contributed by atoms with Crippen LogP contribution in [-0.2, 0) is 0 Å². The Bertz CT molecular complexity index is 536. The van der Waals surface area contributed by atoms with E-state index < -0.39 is 5.82 Å². The Hall–Kier alpha value is -1.09. The summed E-state index contributed by atoms with van der Waals surface area (Å²) in [4.78, 5) is 12.3. The smallest absolute Gasteiger partial charge is 0.252 e. The summed E-state index contributed by atoms with van der Waals surface area (Å²) in [7, 11) is 0. The van der Waals surface area contributed by atoms with E-state index >= 15 is 0 Å². The van der Waals surface area contributed by atoms with Crippen LogP contribution in [0.1, 0.15) is 62.7 Å². The third-order valence-corrected chi connectivity index (χ3v) is 5.49. The zero-order valence-corrected chi connectivity index (χ0v) is 12.9. The van der Waals surface area contributed by atoms with Gasteiger partial charge in [-0.25, -0.2) is 4.39 Å². The summed E-state index contributed by atoms with van der Waals surface area (Å²) in [6, 6.07) is 3.91. The molecular formula is C18H25ClFNO. The highest BCUT2D eigenvalue weighted by Crippen LogP contribution is 2.48. The van der Waals surface area contributed by atoms with Crippen LogP contribution in [0.15, 0.2) is 18.2 Å². The van der Waals surface area contributed by atoms with Gasteiger partial charge in [0.2, 0.25) is 0 Å². The molecular weight excluding hydrogens is 301 g/mol. The lowest BCUT2D eigenvalue weighted by atomic mass is 9.62. The van der Waals surface area contributed by atoms with E-state index in [1.165, 1.54) is 63.1 Å². The van der Waals surface area contributed by atoms with E-state index in [1.54, 1.807) is 0 Å². The van der Waals surface area contributed by atoms with Crippen molar-refractivity contribution >= 4 is 17.5 Å². The number of hydrogen-bond acceptors (Lipinski definition) is 1.